The molecule has 0 aliphatic carbocycles. The van der Waals surface area contributed by atoms with Gasteiger partial charge in [0, 0.05) is 11.3 Å². The normalized spacial score (nSPS) is 10.6. The lowest BCUT2D eigenvalue weighted by atomic mass is 10.2. The molecular weight excluding hydrogens is 400 g/mol. The molecule has 0 spiro atoms. The number of hydrogen-bond donors (Lipinski definition) is 1. The number of hydrogen-bond acceptors (Lipinski definition) is 6. The van der Waals surface area contributed by atoms with E-state index in [0.717, 1.165) is 4.88 Å². The minimum absolute atomic E-state index is 0.00715. The molecule has 0 fully saturated rings. The highest BCUT2D eigenvalue weighted by atomic mass is 32.1. The first-order valence-electron chi connectivity index (χ1n) is 9.26. The fourth-order valence-corrected chi connectivity index (χ4v) is 3.45. The van der Waals surface area contributed by atoms with Crippen LogP contribution in [0.4, 0.5) is 5.69 Å². The monoisotopic (exact) mass is 418 g/mol. The third-order valence-corrected chi connectivity index (χ3v) is 5.17. The molecule has 2 heterocycles. The zero-order valence-corrected chi connectivity index (χ0v) is 16.9. The van der Waals surface area contributed by atoms with Gasteiger partial charge in [0.25, 0.3) is 5.91 Å². The zero-order chi connectivity index (χ0) is 20.9. The third kappa shape index (κ3) is 4.64. The Morgan fingerprint density at radius 3 is 2.50 bits per heavy atom. The predicted octanol–water partition coefficient (Wildman–Crippen LogP) is 5.11. The number of nitrogens with zero attached hydrogens (tertiary/aromatic N) is 1. The van der Waals surface area contributed by atoms with Crippen LogP contribution in [0, 0.1) is 6.92 Å². The van der Waals surface area contributed by atoms with Crippen LogP contribution in [-0.4, -0.2) is 16.9 Å². The van der Waals surface area contributed by atoms with E-state index in [-0.39, 0.29) is 12.3 Å². The van der Waals surface area contributed by atoms with Gasteiger partial charge in [-0.3, -0.25) is 9.59 Å². The smallest absolute Gasteiger partial charge is 0.317 e. The van der Waals surface area contributed by atoms with E-state index in [1.165, 1.54) is 11.3 Å². The SMILES string of the molecule is Cc1oc(-c2cccs2)nc1CC(=O)Oc1ccc(NC(=O)c2ccccc2)cc1. The largest absolute Gasteiger partial charge is 0.440 e. The van der Waals surface area contributed by atoms with Crippen LogP contribution in [0.5, 0.6) is 5.75 Å². The van der Waals surface area contributed by atoms with E-state index in [9.17, 15) is 9.59 Å². The number of amides is 1. The molecular formula is C23H18N2O4S. The Labute approximate surface area is 177 Å². The summed E-state index contributed by atoms with van der Waals surface area (Å²) in [6, 6.07) is 19.4. The Balaban J connectivity index is 1.35. The van der Waals surface area contributed by atoms with Crippen molar-refractivity contribution < 1.29 is 18.7 Å². The molecule has 30 heavy (non-hydrogen) atoms. The number of thiophene rings is 1. The molecule has 0 aliphatic heterocycles. The summed E-state index contributed by atoms with van der Waals surface area (Å²) in [5, 5.41) is 4.74. The number of nitrogens with one attached hydrogen (secondary N) is 1. The molecule has 1 N–H and O–H groups in total. The lowest BCUT2D eigenvalue weighted by Crippen LogP contribution is -2.13. The van der Waals surface area contributed by atoms with Crippen molar-refractivity contribution in [1.29, 1.82) is 0 Å². The maximum absolute atomic E-state index is 12.3. The maximum Gasteiger partial charge on any atom is 0.317 e. The van der Waals surface area contributed by atoms with E-state index in [4.69, 9.17) is 9.15 Å². The van der Waals surface area contributed by atoms with Gasteiger partial charge in [0.2, 0.25) is 5.89 Å². The molecule has 1 amide bonds. The highest BCUT2D eigenvalue weighted by molar-refractivity contribution is 7.13. The van der Waals surface area contributed by atoms with Crippen molar-refractivity contribution in [1.82, 2.24) is 4.98 Å². The van der Waals surface area contributed by atoms with E-state index in [1.807, 2.05) is 23.6 Å². The number of carbonyl (C=O) groups is 2. The molecule has 4 aromatic rings. The van der Waals surface area contributed by atoms with Crippen LogP contribution in [0.2, 0.25) is 0 Å². The fraction of sp³-hybridized carbons (Fsp3) is 0.0870. The second-order valence-electron chi connectivity index (χ2n) is 6.49. The van der Waals surface area contributed by atoms with Crippen molar-refractivity contribution in [3.05, 3.63) is 89.1 Å². The Kier molecular flexibility index (Phi) is 5.72. The van der Waals surface area contributed by atoms with Gasteiger partial charge in [0.05, 0.1) is 17.0 Å². The first-order chi connectivity index (χ1) is 14.6. The van der Waals surface area contributed by atoms with Crippen molar-refractivity contribution in [3.8, 4) is 16.5 Å². The molecule has 0 radical (unpaired) electrons. The molecule has 2 aromatic carbocycles. The maximum atomic E-state index is 12.3. The molecule has 0 saturated heterocycles. The van der Waals surface area contributed by atoms with Crippen LogP contribution in [0.15, 0.2) is 76.5 Å². The number of aromatic nitrogens is 1. The van der Waals surface area contributed by atoms with Gasteiger partial charge >= 0.3 is 5.97 Å². The van der Waals surface area contributed by atoms with Crippen LogP contribution in [0.1, 0.15) is 21.8 Å². The first kappa shape index (κ1) is 19.6. The van der Waals surface area contributed by atoms with Crippen molar-refractivity contribution in [2.24, 2.45) is 0 Å². The van der Waals surface area contributed by atoms with Gasteiger partial charge in [0.15, 0.2) is 0 Å². The summed E-state index contributed by atoms with van der Waals surface area (Å²) in [4.78, 5) is 29.8. The molecule has 150 valence electrons. The standard InChI is InChI=1S/C23H18N2O4S/c1-15-19(25-23(28-15)20-8-5-13-30-20)14-21(26)29-18-11-9-17(10-12-18)24-22(27)16-6-3-2-4-7-16/h2-13H,14H2,1H3,(H,24,27). The van der Waals surface area contributed by atoms with Crippen LogP contribution in [0.25, 0.3) is 10.8 Å². The molecule has 0 saturated carbocycles. The summed E-state index contributed by atoms with van der Waals surface area (Å²) in [5.74, 6) is 0.837. The minimum atomic E-state index is -0.440. The lowest BCUT2D eigenvalue weighted by Gasteiger charge is -2.07. The van der Waals surface area contributed by atoms with Crippen LogP contribution >= 0.6 is 11.3 Å². The van der Waals surface area contributed by atoms with E-state index < -0.39 is 5.97 Å². The highest BCUT2D eigenvalue weighted by Gasteiger charge is 2.16. The molecule has 4 rings (SSSR count). The Hall–Kier alpha value is -3.71. The second-order valence-corrected chi connectivity index (χ2v) is 7.44. The lowest BCUT2D eigenvalue weighted by molar-refractivity contribution is -0.133. The van der Waals surface area contributed by atoms with Crippen molar-refractivity contribution >= 4 is 28.9 Å². The Morgan fingerprint density at radius 2 is 1.80 bits per heavy atom. The number of esters is 1. The van der Waals surface area contributed by atoms with Gasteiger partial charge < -0.3 is 14.5 Å². The Morgan fingerprint density at radius 1 is 1.03 bits per heavy atom. The van der Waals surface area contributed by atoms with Gasteiger partial charge in [-0.15, -0.1) is 11.3 Å². The van der Waals surface area contributed by atoms with Gasteiger partial charge in [-0.2, -0.15) is 0 Å². The number of aryl methyl sites for hydroxylation is 1. The minimum Gasteiger partial charge on any atom is -0.440 e. The third-order valence-electron chi connectivity index (χ3n) is 4.32. The summed E-state index contributed by atoms with van der Waals surface area (Å²) in [6.07, 6.45) is 0.00715. The molecule has 6 nitrogen and oxygen atoms in total. The molecule has 0 unspecified atom stereocenters. The van der Waals surface area contributed by atoms with Gasteiger partial charge in [-0.05, 0) is 54.8 Å². The number of benzene rings is 2. The summed E-state index contributed by atoms with van der Waals surface area (Å²) in [5.41, 5.74) is 1.73. The van der Waals surface area contributed by atoms with Gasteiger partial charge in [-0.25, -0.2) is 4.98 Å². The molecule has 0 atom stereocenters. The summed E-state index contributed by atoms with van der Waals surface area (Å²) in [6.45, 7) is 1.77. The van der Waals surface area contributed by atoms with Crippen molar-refractivity contribution in [3.63, 3.8) is 0 Å². The van der Waals surface area contributed by atoms with Crippen molar-refractivity contribution in [2.45, 2.75) is 13.3 Å². The van der Waals surface area contributed by atoms with E-state index in [1.54, 1.807) is 55.5 Å². The number of carbonyl (C=O) groups excluding carboxylic acids is 2. The predicted molar refractivity (Wildman–Crippen MR) is 115 cm³/mol. The quantitative estimate of drug-likeness (QED) is 0.347. The summed E-state index contributed by atoms with van der Waals surface area (Å²) in [7, 11) is 0. The molecule has 2 aromatic heterocycles. The number of ether oxygens (including phenoxy) is 1. The summed E-state index contributed by atoms with van der Waals surface area (Å²) < 4.78 is 11.0. The zero-order valence-electron chi connectivity index (χ0n) is 16.1. The van der Waals surface area contributed by atoms with E-state index in [2.05, 4.69) is 10.3 Å². The average molecular weight is 418 g/mol. The van der Waals surface area contributed by atoms with Crippen LogP contribution in [0.3, 0.4) is 0 Å². The van der Waals surface area contributed by atoms with Crippen LogP contribution in [-0.2, 0) is 11.2 Å². The first-order valence-corrected chi connectivity index (χ1v) is 10.1. The van der Waals surface area contributed by atoms with E-state index in [0.29, 0.717) is 34.3 Å². The van der Waals surface area contributed by atoms with Crippen LogP contribution < -0.4 is 10.1 Å². The average Bonchev–Trinajstić information content (AvgIpc) is 3.40. The van der Waals surface area contributed by atoms with Crippen molar-refractivity contribution in [2.75, 3.05) is 5.32 Å². The molecule has 0 aliphatic rings. The number of oxazole rings is 1. The summed E-state index contributed by atoms with van der Waals surface area (Å²) >= 11 is 1.52. The van der Waals surface area contributed by atoms with Gasteiger partial charge in [-0.1, -0.05) is 24.3 Å². The van der Waals surface area contributed by atoms with E-state index >= 15 is 0 Å². The number of anilines is 1. The second kappa shape index (κ2) is 8.75. The highest BCUT2D eigenvalue weighted by Crippen LogP contribution is 2.26. The number of rotatable bonds is 6. The van der Waals surface area contributed by atoms with Gasteiger partial charge in [0.1, 0.15) is 11.5 Å². The molecule has 7 heteroatoms. The topological polar surface area (TPSA) is 81.4 Å². The fourth-order valence-electron chi connectivity index (χ4n) is 2.80. The Bertz CT molecular complexity index is 1150. The molecule has 0 bridgehead atoms.